The van der Waals surface area contributed by atoms with Gasteiger partial charge in [-0.15, -0.1) is 10.2 Å². The number of aryl methyl sites for hydroxylation is 1. The van der Waals surface area contributed by atoms with Gasteiger partial charge in [-0.05, 0) is 30.0 Å². The molecule has 34 heavy (non-hydrogen) atoms. The van der Waals surface area contributed by atoms with Crippen molar-refractivity contribution in [1.29, 1.82) is 0 Å². The Morgan fingerprint density at radius 3 is 2.47 bits per heavy atom. The van der Waals surface area contributed by atoms with Gasteiger partial charge in [0.15, 0.2) is 5.75 Å². The summed E-state index contributed by atoms with van der Waals surface area (Å²) >= 11 is 5.79. The summed E-state index contributed by atoms with van der Waals surface area (Å²) in [5.41, 5.74) is 0.660. The molecule has 0 atom stereocenters. The third-order valence-corrected chi connectivity index (χ3v) is 5.43. The molecule has 4 rings (SSSR count). The minimum Gasteiger partial charge on any atom is -0.506 e. The van der Waals surface area contributed by atoms with Crippen molar-refractivity contribution in [2.45, 2.75) is 6.92 Å². The molecule has 0 aliphatic heterocycles. The summed E-state index contributed by atoms with van der Waals surface area (Å²) < 4.78 is 0. The van der Waals surface area contributed by atoms with E-state index in [4.69, 9.17) is 11.6 Å². The van der Waals surface area contributed by atoms with Gasteiger partial charge in [-0.1, -0.05) is 54.1 Å². The van der Waals surface area contributed by atoms with E-state index in [2.05, 4.69) is 15.5 Å². The number of benzene rings is 4. The lowest BCUT2D eigenvalue weighted by Crippen LogP contribution is -2.13. The molecule has 0 heterocycles. The van der Waals surface area contributed by atoms with E-state index < -0.39 is 28.0 Å². The van der Waals surface area contributed by atoms with E-state index in [-0.39, 0.29) is 22.0 Å². The molecule has 1 amide bonds. The average molecular weight is 477 g/mol. The first-order valence-corrected chi connectivity index (χ1v) is 10.3. The summed E-state index contributed by atoms with van der Waals surface area (Å²) in [6.45, 7) is 1.84. The molecule has 0 aromatic heterocycles. The Kier molecular flexibility index (Phi) is 6.11. The van der Waals surface area contributed by atoms with Crippen molar-refractivity contribution in [3.8, 4) is 11.5 Å². The van der Waals surface area contributed by atoms with Crippen LogP contribution in [-0.2, 0) is 0 Å². The fraction of sp³-hybridized carbons (Fsp3) is 0.0417. The van der Waals surface area contributed by atoms with Crippen LogP contribution in [0.2, 0.25) is 5.02 Å². The van der Waals surface area contributed by atoms with Crippen molar-refractivity contribution in [3.05, 3.63) is 93.0 Å². The summed E-state index contributed by atoms with van der Waals surface area (Å²) in [7, 11) is 0. The predicted octanol–water partition coefficient (Wildman–Crippen LogP) is 6.79. The number of phenols is 2. The second-order valence-corrected chi connectivity index (χ2v) is 7.77. The van der Waals surface area contributed by atoms with Crippen molar-refractivity contribution in [1.82, 2.24) is 0 Å². The van der Waals surface area contributed by atoms with E-state index >= 15 is 0 Å². The van der Waals surface area contributed by atoms with Gasteiger partial charge in [0.25, 0.3) is 11.6 Å². The number of fused-ring (bicyclic) bond motifs is 1. The Balaban J connectivity index is 1.81. The number of amides is 1. The number of nitro benzene ring substituents is 1. The number of carbonyl (C=O) groups is 1. The Morgan fingerprint density at radius 1 is 1.03 bits per heavy atom. The number of para-hydroxylation sites is 1. The number of halogens is 1. The van der Waals surface area contributed by atoms with Crippen LogP contribution < -0.4 is 5.32 Å². The molecule has 170 valence electrons. The van der Waals surface area contributed by atoms with E-state index in [0.29, 0.717) is 16.5 Å². The number of nitro groups is 1. The van der Waals surface area contributed by atoms with Gasteiger partial charge >= 0.3 is 0 Å². The minimum absolute atomic E-state index is 0.0370. The first kappa shape index (κ1) is 22.7. The van der Waals surface area contributed by atoms with Crippen molar-refractivity contribution in [2.75, 3.05) is 5.32 Å². The average Bonchev–Trinajstić information content (AvgIpc) is 2.80. The number of nitrogens with one attached hydrogen (secondary N) is 1. The number of rotatable bonds is 5. The number of hydrogen-bond acceptors (Lipinski definition) is 7. The number of aromatic hydroxyl groups is 2. The lowest BCUT2D eigenvalue weighted by atomic mass is 10.0. The van der Waals surface area contributed by atoms with Crippen LogP contribution in [0.1, 0.15) is 15.9 Å². The Labute approximate surface area is 198 Å². The summed E-state index contributed by atoms with van der Waals surface area (Å²) in [6.07, 6.45) is 0. The molecule has 0 fully saturated rings. The molecule has 0 spiro atoms. The van der Waals surface area contributed by atoms with Gasteiger partial charge in [-0.3, -0.25) is 14.9 Å². The van der Waals surface area contributed by atoms with E-state index in [1.54, 1.807) is 36.4 Å². The van der Waals surface area contributed by atoms with Gasteiger partial charge < -0.3 is 15.5 Å². The highest BCUT2D eigenvalue weighted by Crippen LogP contribution is 2.42. The highest BCUT2D eigenvalue weighted by atomic mass is 35.5. The SMILES string of the molecule is Cc1ccccc1NC(=O)c1cc2ccccc2c(N=Nc2cc([N+](=O)[O-])c(Cl)cc2O)c1O. The van der Waals surface area contributed by atoms with E-state index in [9.17, 15) is 25.1 Å². The van der Waals surface area contributed by atoms with Crippen molar-refractivity contribution in [3.63, 3.8) is 0 Å². The molecule has 0 saturated carbocycles. The predicted molar refractivity (Wildman–Crippen MR) is 129 cm³/mol. The molecule has 0 radical (unpaired) electrons. The third-order valence-electron chi connectivity index (χ3n) is 5.13. The summed E-state index contributed by atoms with van der Waals surface area (Å²) in [6, 6.07) is 17.6. The summed E-state index contributed by atoms with van der Waals surface area (Å²) in [5, 5.41) is 43.7. The number of nitrogens with zero attached hydrogens (tertiary/aromatic N) is 3. The van der Waals surface area contributed by atoms with E-state index in [0.717, 1.165) is 17.7 Å². The quantitative estimate of drug-likeness (QED) is 0.165. The lowest BCUT2D eigenvalue weighted by molar-refractivity contribution is -0.384. The van der Waals surface area contributed by atoms with Crippen LogP contribution in [0.25, 0.3) is 10.8 Å². The number of anilines is 1. The standard InChI is InChI=1S/C24H17ClN4O5/c1-13-6-2-5-9-18(13)26-24(32)16-10-14-7-3-4-8-15(14)22(23(16)31)28-27-19-12-20(29(33)34)17(25)11-21(19)30/h2-12,30-31H,1H3,(H,26,32). The number of phenolic OH excluding ortho intramolecular Hbond substituents is 2. The van der Waals surface area contributed by atoms with Crippen LogP contribution in [0.3, 0.4) is 0 Å². The molecule has 9 nitrogen and oxygen atoms in total. The molecule has 0 saturated heterocycles. The first-order valence-electron chi connectivity index (χ1n) is 9.96. The molecule has 0 aliphatic rings. The van der Waals surface area contributed by atoms with Crippen molar-refractivity contribution < 1.29 is 19.9 Å². The molecular formula is C24H17ClN4O5. The Hall–Kier alpha value is -4.50. The number of azo groups is 1. The second kappa shape index (κ2) is 9.16. The zero-order valence-electron chi connectivity index (χ0n) is 17.7. The van der Waals surface area contributed by atoms with Crippen LogP contribution in [0.4, 0.5) is 22.7 Å². The monoisotopic (exact) mass is 476 g/mol. The number of hydrogen-bond donors (Lipinski definition) is 3. The zero-order valence-corrected chi connectivity index (χ0v) is 18.4. The molecule has 0 unspecified atom stereocenters. The lowest BCUT2D eigenvalue weighted by Gasteiger charge is -2.12. The summed E-state index contributed by atoms with van der Waals surface area (Å²) in [5.74, 6) is -1.42. The second-order valence-electron chi connectivity index (χ2n) is 7.36. The first-order chi connectivity index (χ1) is 16.3. The van der Waals surface area contributed by atoms with Crippen LogP contribution >= 0.6 is 11.6 Å². The highest BCUT2D eigenvalue weighted by Gasteiger charge is 2.20. The smallest absolute Gasteiger partial charge is 0.290 e. The molecule has 0 aliphatic carbocycles. The van der Waals surface area contributed by atoms with Gasteiger partial charge in [0, 0.05) is 23.2 Å². The van der Waals surface area contributed by atoms with Crippen LogP contribution in [0.5, 0.6) is 11.5 Å². The van der Waals surface area contributed by atoms with Crippen molar-refractivity contribution >= 4 is 51.0 Å². The Bertz CT molecular complexity index is 1490. The third kappa shape index (κ3) is 4.37. The minimum atomic E-state index is -0.718. The molecule has 10 heteroatoms. The largest absolute Gasteiger partial charge is 0.506 e. The maximum atomic E-state index is 13.0. The zero-order chi connectivity index (χ0) is 24.4. The molecule has 3 N–H and O–H groups in total. The van der Waals surface area contributed by atoms with Crippen molar-refractivity contribution in [2.24, 2.45) is 10.2 Å². The van der Waals surface area contributed by atoms with Gasteiger partial charge in [0.2, 0.25) is 0 Å². The fourth-order valence-electron chi connectivity index (χ4n) is 3.36. The van der Waals surface area contributed by atoms with Crippen LogP contribution in [0, 0.1) is 17.0 Å². The molecule has 4 aromatic carbocycles. The Morgan fingerprint density at radius 2 is 1.74 bits per heavy atom. The molecular weight excluding hydrogens is 460 g/mol. The number of carbonyl (C=O) groups excluding carboxylic acids is 1. The summed E-state index contributed by atoms with van der Waals surface area (Å²) in [4.78, 5) is 23.4. The van der Waals surface area contributed by atoms with E-state index in [1.807, 2.05) is 19.1 Å². The maximum absolute atomic E-state index is 13.0. The molecule has 4 aromatic rings. The highest BCUT2D eigenvalue weighted by molar-refractivity contribution is 6.33. The van der Waals surface area contributed by atoms with Gasteiger partial charge in [-0.25, -0.2) is 0 Å². The normalized spacial score (nSPS) is 11.1. The van der Waals surface area contributed by atoms with E-state index in [1.165, 1.54) is 6.07 Å². The van der Waals surface area contributed by atoms with Crippen LogP contribution in [0.15, 0.2) is 77.0 Å². The molecule has 0 bridgehead atoms. The topological polar surface area (TPSA) is 137 Å². The van der Waals surface area contributed by atoms with Crippen LogP contribution in [-0.4, -0.2) is 21.0 Å². The fourth-order valence-corrected chi connectivity index (χ4v) is 3.59. The van der Waals surface area contributed by atoms with Gasteiger partial charge in [0.1, 0.15) is 22.1 Å². The van der Waals surface area contributed by atoms with Gasteiger partial charge in [0.05, 0.1) is 10.5 Å². The maximum Gasteiger partial charge on any atom is 0.290 e. The van der Waals surface area contributed by atoms with Gasteiger partial charge in [-0.2, -0.15) is 0 Å².